The molecule has 1 aromatic heterocycles. The van der Waals surface area contributed by atoms with Crippen LogP contribution in [0.2, 0.25) is 0 Å². The smallest absolute Gasteiger partial charge is 0.336 e. The zero-order valence-electron chi connectivity index (χ0n) is 14.4. The Morgan fingerprint density at radius 1 is 1.36 bits per heavy atom. The molecule has 1 aliphatic rings. The van der Waals surface area contributed by atoms with Crippen molar-refractivity contribution < 1.29 is 18.7 Å². The molecule has 3 rings (SSSR count). The lowest BCUT2D eigenvalue weighted by molar-refractivity contribution is -0.123. The summed E-state index contributed by atoms with van der Waals surface area (Å²) in [5, 5.41) is 3.70. The molecule has 0 radical (unpaired) electrons. The molecular weight excluding hydrogens is 322 g/mol. The zero-order chi connectivity index (χ0) is 17.6. The summed E-state index contributed by atoms with van der Waals surface area (Å²) in [6, 6.07) is 6.84. The number of benzene rings is 1. The first-order valence-electron chi connectivity index (χ1n) is 8.73. The fraction of sp³-hybridized carbons (Fsp3) is 0.474. The summed E-state index contributed by atoms with van der Waals surface area (Å²) >= 11 is 0. The van der Waals surface area contributed by atoms with Crippen LogP contribution < -0.4 is 15.7 Å². The molecule has 6 heteroatoms. The Morgan fingerprint density at radius 3 is 3.00 bits per heavy atom. The third-order valence-electron chi connectivity index (χ3n) is 4.24. The van der Waals surface area contributed by atoms with Crippen molar-refractivity contribution >= 4 is 16.9 Å². The van der Waals surface area contributed by atoms with Gasteiger partial charge in [-0.05, 0) is 37.0 Å². The second kappa shape index (κ2) is 8.16. The van der Waals surface area contributed by atoms with Crippen LogP contribution in [0.5, 0.6) is 5.75 Å². The van der Waals surface area contributed by atoms with Crippen molar-refractivity contribution in [3.05, 3.63) is 40.2 Å². The minimum atomic E-state index is -0.373. The Labute approximate surface area is 146 Å². The van der Waals surface area contributed by atoms with E-state index in [2.05, 4.69) is 12.2 Å². The van der Waals surface area contributed by atoms with Gasteiger partial charge in [-0.2, -0.15) is 0 Å². The highest BCUT2D eigenvalue weighted by Gasteiger charge is 2.16. The molecule has 1 aliphatic heterocycles. The Morgan fingerprint density at radius 2 is 2.24 bits per heavy atom. The number of rotatable bonds is 7. The van der Waals surface area contributed by atoms with Crippen molar-refractivity contribution in [2.24, 2.45) is 0 Å². The fourth-order valence-electron chi connectivity index (χ4n) is 3.01. The normalized spacial score (nSPS) is 16.9. The fourth-order valence-corrected chi connectivity index (χ4v) is 3.01. The minimum absolute atomic E-state index is 0.0862. The molecule has 1 N–H and O–H groups in total. The number of aryl methyl sites for hydroxylation is 1. The van der Waals surface area contributed by atoms with Gasteiger partial charge in [-0.15, -0.1) is 0 Å². The lowest BCUT2D eigenvalue weighted by atomic mass is 10.1. The molecule has 134 valence electrons. The molecule has 1 saturated heterocycles. The van der Waals surface area contributed by atoms with Crippen LogP contribution in [0.25, 0.3) is 11.0 Å². The number of carbonyl (C=O) groups excluding carboxylic acids is 1. The van der Waals surface area contributed by atoms with E-state index in [1.807, 2.05) is 6.07 Å². The number of amides is 1. The van der Waals surface area contributed by atoms with Gasteiger partial charge in [-0.1, -0.05) is 13.3 Å². The van der Waals surface area contributed by atoms with E-state index in [1.165, 1.54) is 6.07 Å². The molecule has 0 bridgehead atoms. The molecule has 0 saturated carbocycles. The van der Waals surface area contributed by atoms with Gasteiger partial charge < -0.3 is 19.2 Å². The molecule has 2 heterocycles. The summed E-state index contributed by atoms with van der Waals surface area (Å²) in [6.07, 6.45) is 3.88. The van der Waals surface area contributed by atoms with Gasteiger partial charge in [0.25, 0.3) is 5.91 Å². The minimum Gasteiger partial charge on any atom is -0.484 e. The van der Waals surface area contributed by atoms with Crippen LogP contribution in [0.15, 0.2) is 33.5 Å². The highest BCUT2D eigenvalue weighted by atomic mass is 16.5. The van der Waals surface area contributed by atoms with E-state index in [-0.39, 0.29) is 24.2 Å². The van der Waals surface area contributed by atoms with Gasteiger partial charge >= 0.3 is 5.63 Å². The van der Waals surface area contributed by atoms with Crippen LogP contribution >= 0.6 is 0 Å². The average Bonchev–Trinajstić information content (AvgIpc) is 3.11. The molecule has 0 unspecified atom stereocenters. The molecule has 1 atom stereocenters. The third kappa shape index (κ3) is 4.60. The monoisotopic (exact) mass is 345 g/mol. The number of nitrogens with one attached hydrogen (secondary N) is 1. The van der Waals surface area contributed by atoms with Crippen molar-refractivity contribution in [2.75, 3.05) is 19.8 Å². The second-order valence-electron chi connectivity index (χ2n) is 6.23. The van der Waals surface area contributed by atoms with E-state index < -0.39 is 0 Å². The van der Waals surface area contributed by atoms with Crippen molar-refractivity contribution in [1.29, 1.82) is 0 Å². The summed E-state index contributed by atoms with van der Waals surface area (Å²) in [5.74, 6) is 0.299. The van der Waals surface area contributed by atoms with Crippen molar-refractivity contribution in [2.45, 2.75) is 38.7 Å². The first-order chi connectivity index (χ1) is 12.2. The Hall–Kier alpha value is -2.34. The summed E-state index contributed by atoms with van der Waals surface area (Å²) in [7, 11) is 0. The quantitative estimate of drug-likeness (QED) is 0.780. The van der Waals surface area contributed by atoms with E-state index in [0.717, 1.165) is 43.2 Å². The van der Waals surface area contributed by atoms with E-state index in [4.69, 9.17) is 13.9 Å². The van der Waals surface area contributed by atoms with Crippen LogP contribution in [0.3, 0.4) is 0 Å². The summed E-state index contributed by atoms with van der Waals surface area (Å²) < 4.78 is 16.2. The standard InChI is InChI=1S/C19H23NO5/c1-2-4-13-9-19(22)25-17-10-14(6-7-16(13)17)24-12-18(21)20-11-15-5-3-8-23-15/h6-7,9-10,15H,2-5,8,11-12H2,1H3,(H,20,21)/t15-/m1/s1. The van der Waals surface area contributed by atoms with Crippen molar-refractivity contribution in [1.82, 2.24) is 5.32 Å². The summed E-state index contributed by atoms with van der Waals surface area (Å²) in [6.45, 7) is 3.25. The highest BCUT2D eigenvalue weighted by molar-refractivity contribution is 5.82. The maximum Gasteiger partial charge on any atom is 0.336 e. The topological polar surface area (TPSA) is 77.8 Å². The number of fused-ring (bicyclic) bond motifs is 1. The molecule has 0 aliphatic carbocycles. The average molecular weight is 345 g/mol. The molecule has 25 heavy (non-hydrogen) atoms. The van der Waals surface area contributed by atoms with E-state index in [1.54, 1.807) is 12.1 Å². The van der Waals surface area contributed by atoms with Gasteiger partial charge in [-0.25, -0.2) is 4.79 Å². The molecule has 2 aromatic rings. The van der Waals surface area contributed by atoms with Crippen LogP contribution in [0.1, 0.15) is 31.7 Å². The van der Waals surface area contributed by atoms with Gasteiger partial charge in [0, 0.05) is 30.7 Å². The predicted molar refractivity (Wildman–Crippen MR) is 94.0 cm³/mol. The molecule has 1 amide bonds. The van der Waals surface area contributed by atoms with Crippen LogP contribution in [-0.4, -0.2) is 31.8 Å². The Bertz CT molecular complexity index is 792. The lowest BCUT2D eigenvalue weighted by Crippen LogP contribution is -2.35. The maximum absolute atomic E-state index is 11.9. The number of ether oxygens (including phenoxy) is 2. The molecule has 6 nitrogen and oxygen atoms in total. The van der Waals surface area contributed by atoms with Gasteiger partial charge in [0.1, 0.15) is 11.3 Å². The Kier molecular flexibility index (Phi) is 5.71. The number of hydrogen-bond donors (Lipinski definition) is 1. The van der Waals surface area contributed by atoms with Gasteiger partial charge in [0.2, 0.25) is 0 Å². The first-order valence-corrected chi connectivity index (χ1v) is 8.73. The molecule has 1 aromatic carbocycles. The Balaban J connectivity index is 1.61. The van der Waals surface area contributed by atoms with E-state index in [9.17, 15) is 9.59 Å². The number of hydrogen-bond acceptors (Lipinski definition) is 5. The summed E-state index contributed by atoms with van der Waals surface area (Å²) in [4.78, 5) is 23.5. The van der Waals surface area contributed by atoms with Crippen molar-refractivity contribution in [3.63, 3.8) is 0 Å². The first kappa shape index (κ1) is 17.5. The van der Waals surface area contributed by atoms with Crippen LogP contribution in [-0.2, 0) is 16.0 Å². The van der Waals surface area contributed by atoms with E-state index in [0.29, 0.717) is 17.9 Å². The number of carbonyl (C=O) groups is 1. The summed E-state index contributed by atoms with van der Waals surface area (Å²) in [5.41, 5.74) is 1.07. The van der Waals surface area contributed by atoms with Gasteiger partial charge in [0.15, 0.2) is 6.61 Å². The molecule has 0 spiro atoms. The van der Waals surface area contributed by atoms with Crippen LogP contribution in [0, 0.1) is 0 Å². The van der Waals surface area contributed by atoms with E-state index >= 15 is 0 Å². The third-order valence-corrected chi connectivity index (χ3v) is 4.24. The second-order valence-corrected chi connectivity index (χ2v) is 6.23. The molecular formula is C19H23NO5. The largest absolute Gasteiger partial charge is 0.484 e. The maximum atomic E-state index is 11.9. The van der Waals surface area contributed by atoms with Gasteiger partial charge in [-0.3, -0.25) is 4.79 Å². The lowest BCUT2D eigenvalue weighted by Gasteiger charge is -2.12. The SMILES string of the molecule is CCCc1cc(=O)oc2cc(OCC(=O)NC[C@H]3CCCO3)ccc12. The predicted octanol–water partition coefficient (Wildman–Crippen LogP) is 2.42. The highest BCUT2D eigenvalue weighted by Crippen LogP contribution is 2.23. The van der Waals surface area contributed by atoms with Crippen molar-refractivity contribution in [3.8, 4) is 5.75 Å². The zero-order valence-corrected chi connectivity index (χ0v) is 14.4. The van der Waals surface area contributed by atoms with Crippen LogP contribution in [0.4, 0.5) is 0 Å². The molecule has 1 fully saturated rings. The van der Waals surface area contributed by atoms with Gasteiger partial charge in [0.05, 0.1) is 6.10 Å².